The van der Waals surface area contributed by atoms with Crippen molar-refractivity contribution in [2.24, 2.45) is 0 Å². The SMILES string of the molecule is C=C(O)c1cc(OCC(=O)O)cc(OC(C)C)c1. The van der Waals surface area contributed by atoms with Crippen LogP contribution in [0, 0.1) is 0 Å². The molecule has 0 aliphatic carbocycles. The molecule has 0 bridgehead atoms. The van der Waals surface area contributed by atoms with Crippen LogP contribution in [0.1, 0.15) is 19.4 Å². The van der Waals surface area contributed by atoms with Crippen LogP contribution in [0.25, 0.3) is 5.76 Å². The van der Waals surface area contributed by atoms with E-state index in [0.29, 0.717) is 17.1 Å². The fraction of sp³-hybridized carbons (Fsp3) is 0.308. The maximum Gasteiger partial charge on any atom is 0.341 e. The van der Waals surface area contributed by atoms with Gasteiger partial charge in [-0.1, -0.05) is 6.58 Å². The van der Waals surface area contributed by atoms with Crippen LogP contribution in [0.3, 0.4) is 0 Å². The van der Waals surface area contributed by atoms with Gasteiger partial charge in [-0.3, -0.25) is 0 Å². The average Bonchev–Trinajstić information content (AvgIpc) is 2.25. The third kappa shape index (κ3) is 4.37. The Morgan fingerprint density at radius 1 is 1.28 bits per heavy atom. The van der Waals surface area contributed by atoms with Gasteiger partial charge in [-0.15, -0.1) is 0 Å². The molecule has 0 saturated heterocycles. The second-order valence-corrected chi connectivity index (χ2v) is 3.99. The highest BCUT2D eigenvalue weighted by molar-refractivity contribution is 5.68. The predicted molar refractivity (Wildman–Crippen MR) is 67.0 cm³/mol. The van der Waals surface area contributed by atoms with Crippen molar-refractivity contribution in [3.05, 3.63) is 30.3 Å². The summed E-state index contributed by atoms with van der Waals surface area (Å²) >= 11 is 0. The second-order valence-electron chi connectivity index (χ2n) is 3.99. The molecule has 1 aromatic carbocycles. The first-order valence-electron chi connectivity index (χ1n) is 5.43. The molecule has 0 radical (unpaired) electrons. The number of carboxylic acid groups (broad SMARTS) is 1. The van der Waals surface area contributed by atoms with Crippen LogP contribution >= 0.6 is 0 Å². The fourth-order valence-corrected chi connectivity index (χ4v) is 1.31. The van der Waals surface area contributed by atoms with E-state index in [1.165, 1.54) is 6.07 Å². The zero-order valence-corrected chi connectivity index (χ0v) is 10.3. The van der Waals surface area contributed by atoms with E-state index in [9.17, 15) is 9.90 Å². The first kappa shape index (κ1) is 13.9. The number of carbonyl (C=O) groups is 1. The van der Waals surface area contributed by atoms with Gasteiger partial charge in [0.1, 0.15) is 17.3 Å². The molecular formula is C13H16O5. The molecule has 0 atom stereocenters. The molecule has 0 aliphatic rings. The minimum absolute atomic E-state index is 0.0421. The van der Waals surface area contributed by atoms with Crippen LogP contribution in [0.15, 0.2) is 24.8 Å². The first-order chi connectivity index (χ1) is 8.38. The maximum absolute atomic E-state index is 10.4. The van der Waals surface area contributed by atoms with Crippen LogP contribution in [0.5, 0.6) is 11.5 Å². The van der Waals surface area contributed by atoms with Crippen molar-refractivity contribution in [3.8, 4) is 11.5 Å². The van der Waals surface area contributed by atoms with Gasteiger partial charge in [0.2, 0.25) is 0 Å². The van der Waals surface area contributed by atoms with Crippen molar-refractivity contribution in [2.45, 2.75) is 20.0 Å². The molecule has 0 amide bonds. The van der Waals surface area contributed by atoms with Crippen molar-refractivity contribution in [3.63, 3.8) is 0 Å². The highest BCUT2D eigenvalue weighted by Gasteiger charge is 2.08. The molecule has 0 aliphatic heterocycles. The van der Waals surface area contributed by atoms with E-state index in [0.717, 1.165) is 0 Å². The van der Waals surface area contributed by atoms with Crippen LogP contribution in [-0.4, -0.2) is 28.9 Å². The Balaban J connectivity index is 2.97. The number of aliphatic hydroxyl groups excluding tert-OH is 1. The van der Waals surface area contributed by atoms with Crippen molar-refractivity contribution < 1.29 is 24.5 Å². The highest BCUT2D eigenvalue weighted by Crippen LogP contribution is 2.26. The van der Waals surface area contributed by atoms with Crippen molar-refractivity contribution in [1.29, 1.82) is 0 Å². The molecule has 0 fully saturated rings. The largest absolute Gasteiger partial charge is 0.508 e. The van der Waals surface area contributed by atoms with Gasteiger partial charge in [0, 0.05) is 11.6 Å². The summed E-state index contributed by atoms with van der Waals surface area (Å²) in [7, 11) is 0. The summed E-state index contributed by atoms with van der Waals surface area (Å²) in [6, 6.07) is 4.67. The van der Waals surface area contributed by atoms with Gasteiger partial charge in [0.25, 0.3) is 0 Å². The van der Waals surface area contributed by atoms with Crippen LogP contribution in [0.4, 0.5) is 0 Å². The van der Waals surface area contributed by atoms with E-state index in [4.69, 9.17) is 14.6 Å². The van der Waals surface area contributed by atoms with E-state index >= 15 is 0 Å². The van der Waals surface area contributed by atoms with Crippen LogP contribution in [-0.2, 0) is 4.79 Å². The standard InChI is InChI=1S/C13H16O5/c1-8(2)18-12-5-10(9(3)14)4-11(6-12)17-7-13(15)16/h4-6,8,14H,3,7H2,1-2H3,(H,15,16). The van der Waals surface area contributed by atoms with E-state index < -0.39 is 12.6 Å². The number of ether oxygens (including phenoxy) is 2. The summed E-state index contributed by atoms with van der Waals surface area (Å²) in [5.74, 6) is -0.419. The number of aliphatic carboxylic acids is 1. The summed E-state index contributed by atoms with van der Waals surface area (Å²) in [5.41, 5.74) is 0.425. The summed E-state index contributed by atoms with van der Waals surface area (Å²) in [6.45, 7) is 6.67. The molecular weight excluding hydrogens is 236 g/mol. The van der Waals surface area contributed by atoms with Crippen molar-refractivity contribution in [2.75, 3.05) is 6.61 Å². The lowest BCUT2D eigenvalue weighted by molar-refractivity contribution is -0.139. The van der Waals surface area contributed by atoms with Gasteiger partial charge >= 0.3 is 5.97 Å². The molecule has 18 heavy (non-hydrogen) atoms. The van der Waals surface area contributed by atoms with Gasteiger partial charge in [-0.25, -0.2) is 4.79 Å². The summed E-state index contributed by atoms with van der Waals surface area (Å²) in [4.78, 5) is 10.4. The fourth-order valence-electron chi connectivity index (χ4n) is 1.31. The molecule has 0 saturated carbocycles. The molecule has 1 aromatic rings. The van der Waals surface area contributed by atoms with Gasteiger partial charge in [0.05, 0.1) is 6.10 Å². The van der Waals surface area contributed by atoms with Crippen LogP contribution in [0.2, 0.25) is 0 Å². The van der Waals surface area contributed by atoms with Crippen molar-refractivity contribution >= 4 is 11.7 Å². The highest BCUT2D eigenvalue weighted by atomic mass is 16.5. The average molecular weight is 252 g/mol. The number of rotatable bonds is 6. The van der Waals surface area contributed by atoms with Gasteiger partial charge < -0.3 is 19.7 Å². The monoisotopic (exact) mass is 252 g/mol. The second kappa shape index (κ2) is 5.95. The minimum Gasteiger partial charge on any atom is -0.508 e. The van der Waals surface area contributed by atoms with E-state index in [-0.39, 0.29) is 11.9 Å². The Labute approximate surface area is 105 Å². The van der Waals surface area contributed by atoms with Crippen molar-refractivity contribution in [1.82, 2.24) is 0 Å². The first-order valence-corrected chi connectivity index (χ1v) is 5.43. The van der Waals surface area contributed by atoms with Gasteiger partial charge in [0.15, 0.2) is 6.61 Å². The molecule has 0 unspecified atom stereocenters. The lowest BCUT2D eigenvalue weighted by Crippen LogP contribution is -2.10. The zero-order chi connectivity index (χ0) is 13.7. The van der Waals surface area contributed by atoms with Gasteiger partial charge in [-0.2, -0.15) is 0 Å². The van der Waals surface area contributed by atoms with E-state index in [1.807, 2.05) is 13.8 Å². The molecule has 0 aromatic heterocycles. The Hall–Kier alpha value is -2.17. The number of aliphatic hydroxyl groups is 1. The Morgan fingerprint density at radius 3 is 2.39 bits per heavy atom. The zero-order valence-electron chi connectivity index (χ0n) is 10.3. The maximum atomic E-state index is 10.4. The quantitative estimate of drug-likeness (QED) is 0.760. The normalized spacial score (nSPS) is 10.2. The topological polar surface area (TPSA) is 76.0 Å². The molecule has 0 heterocycles. The number of benzene rings is 1. The van der Waals surface area contributed by atoms with Gasteiger partial charge in [-0.05, 0) is 26.0 Å². The summed E-state index contributed by atoms with van der Waals surface area (Å²) in [6.07, 6.45) is -0.0421. The number of hydrogen-bond donors (Lipinski definition) is 2. The van der Waals surface area contributed by atoms with E-state index in [1.54, 1.807) is 12.1 Å². The predicted octanol–water partition coefficient (Wildman–Crippen LogP) is 2.47. The molecule has 5 nitrogen and oxygen atoms in total. The lowest BCUT2D eigenvalue weighted by atomic mass is 10.2. The Bertz CT molecular complexity index is 451. The molecule has 98 valence electrons. The molecule has 0 spiro atoms. The third-order valence-electron chi connectivity index (χ3n) is 1.95. The summed E-state index contributed by atoms with van der Waals surface area (Å²) in [5, 5.41) is 17.9. The third-order valence-corrected chi connectivity index (χ3v) is 1.95. The molecule has 2 N–H and O–H groups in total. The molecule has 1 rings (SSSR count). The number of hydrogen-bond acceptors (Lipinski definition) is 4. The van der Waals surface area contributed by atoms with E-state index in [2.05, 4.69) is 6.58 Å². The lowest BCUT2D eigenvalue weighted by Gasteiger charge is -2.13. The Morgan fingerprint density at radius 2 is 1.89 bits per heavy atom. The van der Waals surface area contributed by atoms with Crippen LogP contribution < -0.4 is 9.47 Å². The molecule has 5 heteroatoms. The number of carboxylic acids is 1. The minimum atomic E-state index is -1.07. The smallest absolute Gasteiger partial charge is 0.341 e. The Kier molecular flexibility index (Phi) is 4.59. The summed E-state index contributed by atoms with van der Waals surface area (Å²) < 4.78 is 10.5.